The van der Waals surface area contributed by atoms with Gasteiger partial charge in [-0.2, -0.15) is 9.40 Å². The molecule has 1 aliphatic carbocycles. The summed E-state index contributed by atoms with van der Waals surface area (Å²) < 4.78 is 27.8. The van der Waals surface area contributed by atoms with Crippen LogP contribution in [0.3, 0.4) is 0 Å². The summed E-state index contributed by atoms with van der Waals surface area (Å²) in [6, 6.07) is 7.33. The topological polar surface area (TPSA) is 119 Å². The summed E-state index contributed by atoms with van der Waals surface area (Å²) in [4.78, 5) is 28.8. The quantitative estimate of drug-likeness (QED) is 0.599. The number of piperazine rings is 1. The first-order valence-corrected chi connectivity index (χ1v) is 13.3. The molecule has 4 rings (SSSR count). The number of rotatable bonds is 6. The number of hydrogen-bond donors (Lipinski definition) is 2. The fraction of sp³-hybridized carbons (Fsp3) is 0.545. The van der Waals surface area contributed by atoms with E-state index in [2.05, 4.69) is 15.2 Å². The van der Waals surface area contributed by atoms with Gasteiger partial charge in [0.2, 0.25) is 15.9 Å². The summed E-state index contributed by atoms with van der Waals surface area (Å²) in [7, 11) is -3.60. The zero-order valence-electron chi connectivity index (χ0n) is 18.5. The molecule has 1 saturated heterocycles. The van der Waals surface area contributed by atoms with Crippen LogP contribution in [-0.4, -0.2) is 64.9 Å². The van der Waals surface area contributed by atoms with Crippen molar-refractivity contribution < 1.29 is 13.2 Å². The number of carbonyl (C=O) groups excluding carboxylic acids is 1. The number of aromatic nitrogens is 3. The van der Waals surface area contributed by atoms with Crippen LogP contribution >= 0.6 is 12.2 Å². The molecule has 0 atom stereocenters. The molecule has 0 radical (unpaired) electrons. The molecule has 0 unspecified atom stereocenters. The average molecular weight is 492 g/mol. The maximum atomic E-state index is 13.1. The van der Waals surface area contributed by atoms with Crippen molar-refractivity contribution in [1.29, 1.82) is 0 Å². The standard InChI is InChI=1S/C22H29N5O4S2/c28-20(11-10-19-21(29)23-22(32)25-24-19)26-12-14-27(15-13-26)33(30,31)18-8-6-17(7-9-18)16-4-2-1-3-5-16/h6-9,16H,1-5,10-15H2,(H2,23,25,29,32). The molecule has 1 saturated carbocycles. The van der Waals surface area contributed by atoms with Crippen LogP contribution in [0.1, 0.15) is 55.7 Å². The Morgan fingerprint density at radius 2 is 1.73 bits per heavy atom. The van der Waals surface area contributed by atoms with Gasteiger partial charge in [0.25, 0.3) is 5.56 Å². The van der Waals surface area contributed by atoms with Crippen LogP contribution < -0.4 is 5.56 Å². The van der Waals surface area contributed by atoms with Gasteiger partial charge in [-0.25, -0.2) is 8.42 Å². The van der Waals surface area contributed by atoms with Gasteiger partial charge in [0, 0.05) is 39.0 Å². The van der Waals surface area contributed by atoms with Gasteiger partial charge in [-0.1, -0.05) is 31.4 Å². The molecule has 11 heteroatoms. The van der Waals surface area contributed by atoms with Crippen LogP contribution in [0, 0.1) is 4.77 Å². The second kappa shape index (κ2) is 10.3. The third kappa shape index (κ3) is 5.59. The number of H-pyrrole nitrogens is 2. The predicted molar refractivity (Wildman–Crippen MR) is 126 cm³/mol. The number of nitrogens with one attached hydrogen (secondary N) is 2. The number of aromatic amines is 2. The molecule has 1 aromatic carbocycles. The van der Waals surface area contributed by atoms with E-state index >= 15 is 0 Å². The molecule has 178 valence electrons. The summed E-state index contributed by atoms with van der Waals surface area (Å²) in [5.74, 6) is 0.399. The Hall–Kier alpha value is -2.37. The zero-order chi connectivity index (χ0) is 23.4. The van der Waals surface area contributed by atoms with Gasteiger partial charge in [0.1, 0.15) is 5.69 Å². The third-order valence-electron chi connectivity index (χ3n) is 6.54. The zero-order valence-corrected chi connectivity index (χ0v) is 20.1. The van der Waals surface area contributed by atoms with Crippen molar-refractivity contribution in [3.8, 4) is 0 Å². The average Bonchev–Trinajstić information content (AvgIpc) is 2.84. The lowest BCUT2D eigenvalue weighted by Gasteiger charge is -2.34. The van der Waals surface area contributed by atoms with E-state index in [1.165, 1.54) is 42.0 Å². The molecule has 2 fully saturated rings. The van der Waals surface area contributed by atoms with Crippen molar-refractivity contribution in [1.82, 2.24) is 24.4 Å². The lowest BCUT2D eigenvalue weighted by atomic mass is 9.84. The number of hydrogen-bond acceptors (Lipinski definition) is 6. The van der Waals surface area contributed by atoms with Gasteiger partial charge in [0.05, 0.1) is 4.90 Å². The molecule has 0 bridgehead atoms. The Labute approximate surface area is 198 Å². The van der Waals surface area contributed by atoms with Gasteiger partial charge in [0.15, 0.2) is 4.77 Å². The van der Waals surface area contributed by atoms with Gasteiger partial charge in [-0.15, -0.1) is 0 Å². The normalized spacial score (nSPS) is 18.4. The van der Waals surface area contributed by atoms with Gasteiger partial charge < -0.3 is 4.90 Å². The first-order valence-electron chi connectivity index (χ1n) is 11.4. The first-order chi connectivity index (χ1) is 15.8. The highest BCUT2D eigenvalue weighted by Crippen LogP contribution is 2.33. The van der Waals surface area contributed by atoms with E-state index in [1.54, 1.807) is 17.0 Å². The smallest absolute Gasteiger partial charge is 0.273 e. The van der Waals surface area contributed by atoms with Gasteiger partial charge >= 0.3 is 0 Å². The van der Waals surface area contributed by atoms with E-state index in [0.717, 1.165) is 0 Å². The maximum absolute atomic E-state index is 13.1. The molecular weight excluding hydrogens is 462 g/mol. The molecule has 9 nitrogen and oxygen atoms in total. The van der Waals surface area contributed by atoms with Crippen LogP contribution in [0.4, 0.5) is 0 Å². The molecule has 2 aliphatic rings. The minimum atomic E-state index is -3.60. The molecule has 2 N–H and O–H groups in total. The number of benzene rings is 1. The lowest BCUT2D eigenvalue weighted by Crippen LogP contribution is -2.50. The molecular formula is C22H29N5O4S2. The summed E-state index contributed by atoms with van der Waals surface area (Å²) in [5, 5.41) is 6.39. The van der Waals surface area contributed by atoms with Crippen molar-refractivity contribution in [2.24, 2.45) is 0 Å². The summed E-state index contributed by atoms with van der Waals surface area (Å²) >= 11 is 4.81. The highest BCUT2D eigenvalue weighted by molar-refractivity contribution is 7.89. The van der Waals surface area contributed by atoms with Crippen molar-refractivity contribution >= 4 is 28.1 Å². The number of carbonyl (C=O) groups is 1. The molecule has 1 aromatic heterocycles. The first kappa shape index (κ1) is 23.8. The highest BCUT2D eigenvalue weighted by atomic mass is 32.2. The molecule has 2 aromatic rings. The fourth-order valence-electron chi connectivity index (χ4n) is 4.60. The van der Waals surface area contributed by atoms with E-state index in [0.29, 0.717) is 23.9 Å². The molecule has 2 heterocycles. The molecule has 0 spiro atoms. The van der Waals surface area contributed by atoms with Crippen molar-refractivity contribution in [2.75, 3.05) is 26.2 Å². The minimum absolute atomic E-state index is 0.121. The van der Waals surface area contributed by atoms with Crippen LogP contribution in [0.5, 0.6) is 0 Å². The largest absolute Gasteiger partial charge is 0.340 e. The fourth-order valence-corrected chi connectivity index (χ4v) is 6.16. The Balaban J connectivity index is 1.32. The van der Waals surface area contributed by atoms with Crippen molar-refractivity contribution in [2.45, 2.75) is 55.8 Å². The van der Waals surface area contributed by atoms with Crippen LogP contribution in [-0.2, 0) is 21.2 Å². The van der Waals surface area contributed by atoms with E-state index in [9.17, 15) is 18.0 Å². The minimum Gasteiger partial charge on any atom is -0.340 e. The SMILES string of the molecule is O=C(CCc1n[nH]c(=S)[nH]c1=O)N1CCN(S(=O)(=O)c2ccc(C3CCCCC3)cc2)CC1. The van der Waals surface area contributed by atoms with E-state index in [-0.39, 0.29) is 42.3 Å². The Bertz CT molecular complexity index is 1190. The van der Waals surface area contributed by atoms with Gasteiger partial charge in [-0.05, 0) is 48.7 Å². The Kier molecular flexibility index (Phi) is 7.40. The second-order valence-corrected chi connectivity index (χ2v) is 11.0. The van der Waals surface area contributed by atoms with Crippen LogP contribution in [0.2, 0.25) is 0 Å². The summed E-state index contributed by atoms with van der Waals surface area (Å²) in [6.45, 7) is 1.13. The van der Waals surface area contributed by atoms with Gasteiger partial charge in [-0.3, -0.25) is 19.7 Å². The van der Waals surface area contributed by atoms with Crippen LogP contribution in [0.15, 0.2) is 34.0 Å². The maximum Gasteiger partial charge on any atom is 0.273 e. The number of sulfonamides is 1. The number of amides is 1. The van der Waals surface area contributed by atoms with E-state index in [1.807, 2.05) is 12.1 Å². The lowest BCUT2D eigenvalue weighted by molar-refractivity contribution is -0.132. The Morgan fingerprint density at radius 3 is 2.36 bits per heavy atom. The Morgan fingerprint density at radius 1 is 1.06 bits per heavy atom. The summed E-state index contributed by atoms with van der Waals surface area (Å²) in [5.41, 5.74) is 1.03. The number of nitrogens with zero attached hydrogens (tertiary/aromatic N) is 3. The van der Waals surface area contributed by atoms with Crippen molar-refractivity contribution in [3.05, 3.63) is 50.6 Å². The summed E-state index contributed by atoms with van der Waals surface area (Å²) in [6.07, 6.45) is 6.41. The van der Waals surface area contributed by atoms with Crippen molar-refractivity contribution in [3.63, 3.8) is 0 Å². The molecule has 1 aliphatic heterocycles. The second-order valence-electron chi connectivity index (χ2n) is 8.64. The van der Waals surface area contributed by atoms with E-state index in [4.69, 9.17) is 12.2 Å². The molecule has 33 heavy (non-hydrogen) atoms. The predicted octanol–water partition coefficient (Wildman–Crippen LogP) is 2.34. The highest BCUT2D eigenvalue weighted by Gasteiger charge is 2.30. The molecule has 1 amide bonds. The third-order valence-corrected chi connectivity index (χ3v) is 8.65. The number of aryl methyl sites for hydroxylation is 1. The van der Waals surface area contributed by atoms with Crippen LogP contribution in [0.25, 0.3) is 0 Å². The van der Waals surface area contributed by atoms with E-state index < -0.39 is 15.6 Å². The monoisotopic (exact) mass is 491 g/mol.